The van der Waals surface area contributed by atoms with E-state index in [1.807, 2.05) is 17.9 Å². The first-order valence-electron chi connectivity index (χ1n) is 8.14. The third-order valence-electron chi connectivity index (χ3n) is 4.27. The van der Waals surface area contributed by atoms with E-state index in [0.717, 1.165) is 0 Å². The second-order valence-corrected chi connectivity index (χ2v) is 7.82. The van der Waals surface area contributed by atoms with E-state index < -0.39 is 10.0 Å². The lowest BCUT2D eigenvalue weighted by Gasteiger charge is -2.43. The third kappa shape index (κ3) is 3.34. The van der Waals surface area contributed by atoms with Crippen LogP contribution in [0.25, 0.3) is 0 Å². The van der Waals surface area contributed by atoms with Crippen LogP contribution in [0.15, 0.2) is 41.6 Å². The summed E-state index contributed by atoms with van der Waals surface area (Å²) in [4.78, 5) is 10.2. The van der Waals surface area contributed by atoms with Gasteiger partial charge in [0.1, 0.15) is 11.8 Å². The second kappa shape index (κ2) is 7.27. The summed E-state index contributed by atoms with van der Waals surface area (Å²) in [6.07, 6.45) is 2.98. The molecule has 0 saturated carbocycles. The van der Waals surface area contributed by atoms with E-state index in [-0.39, 0.29) is 16.6 Å². The van der Waals surface area contributed by atoms with Crippen molar-refractivity contribution in [1.82, 2.24) is 14.3 Å². The Morgan fingerprint density at radius 1 is 1.27 bits per heavy atom. The van der Waals surface area contributed by atoms with Crippen LogP contribution in [0.4, 0.5) is 5.82 Å². The van der Waals surface area contributed by atoms with Crippen LogP contribution in [0.3, 0.4) is 0 Å². The summed E-state index contributed by atoms with van der Waals surface area (Å²) >= 11 is 0. The number of hydrogen-bond donors (Lipinski definition) is 0. The smallest absolute Gasteiger partial charge is 0.243 e. The number of sulfonamides is 1. The zero-order valence-corrected chi connectivity index (χ0v) is 15.3. The molecule has 1 aromatic heterocycles. The minimum atomic E-state index is -3.60. The molecule has 0 aliphatic carbocycles. The van der Waals surface area contributed by atoms with E-state index in [4.69, 9.17) is 10.00 Å². The first-order valence-corrected chi connectivity index (χ1v) is 9.58. The van der Waals surface area contributed by atoms with Crippen molar-refractivity contribution in [3.05, 3.63) is 42.4 Å². The molecule has 1 aliphatic heterocycles. The number of rotatable bonds is 6. The normalized spacial score (nSPS) is 14.8. The van der Waals surface area contributed by atoms with E-state index in [1.165, 1.54) is 16.7 Å². The van der Waals surface area contributed by atoms with Gasteiger partial charge >= 0.3 is 0 Å². The summed E-state index contributed by atoms with van der Waals surface area (Å²) in [5.74, 6) is 1.12. The van der Waals surface area contributed by atoms with Gasteiger partial charge in [0.15, 0.2) is 11.5 Å². The van der Waals surface area contributed by atoms with Gasteiger partial charge in [-0.3, -0.25) is 0 Å². The number of benzene rings is 1. The topological polar surface area (TPSA) is 99.4 Å². The lowest BCUT2D eigenvalue weighted by Crippen LogP contribution is -2.60. The fourth-order valence-corrected chi connectivity index (χ4v) is 4.07. The zero-order chi connectivity index (χ0) is 18.7. The summed E-state index contributed by atoms with van der Waals surface area (Å²) in [6, 6.07) is 8.20. The van der Waals surface area contributed by atoms with Crippen molar-refractivity contribution in [2.75, 3.05) is 31.6 Å². The standard InChI is InChI=1S/C17H19N5O3S/c1-3-25-14-4-6-15(7-5-14)26(23,24)21(2)13-11-22(12-13)17-16(10-18)19-8-9-20-17/h4-9,13H,3,11-12H2,1-2H3. The molecule has 0 bridgehead atoms. The number of ether oxygens (including phenoxy) is 1. The van der Waals surface area contributed by atoms with Crippen LogP contribution in [-0.2, 0) is 10.0 Å². The molecule has 1 saturated heterocycles. The van der Waals surface area contributed by atoms with Crippen LogP contribution in [0, 0.1) is 11.3 Å². The number of nitriles is 1. The number of nitrogens with zero attached hydrogens (tertiary/aromatic N) is 5. The summed E-state index contributed by atoms with van der Waals surface area (Å²) in [7, 11) is -2.04. The third-order valence-corrected chi connectivity index (χ3v) is 6.20. The highest BCUT2D eigenvalue weighted by molar-refractivity contribution is 7.89. The number of anilines is 1. The molecule has 1 aliphatic rings. The SMILES string of the molecule is CCOc1ccc(S(=O)(=O)N(C)C2CN(c3nccnc3C#N)C2)cc1. The van der Waals surface area contributed by atoms with Crippen LogP contribution in [0.1, 0.15) is 12.6 Å². The van der Waals surface area contributed by atoms with E-state index in [2.05, 4.69) is 9.97 Å². The van der Waals surface area contributed by atoms with E-state index >= 15 is 0 Å². The maximum absolute atomic E-state index is 12.8. The molecule has 9 heteroatoms. The highest BCUT2D eigenvalue weighted by Gasteiger charge is 2.38. The molecule has 136 valence electrons. The molecule has 0 spiro atoms. The lowest BCUT2D eigenvalue weighted by atomic mass is 10.1. The van der Waals surface area contributed by atoms with Gasteiger partial charge in [0.05, 0.1) is 17.5 Å². The van der Waals surface area contributed by atoms with Gasteiger partial charge in [0.25, 0.3) is 0 Å². The molecule has 1 aromatic carbocycles. The van der Waals surface area contributed by atoms with E-state index in [9.17, 15) is 8.42 Å². The maximum Gasteiger partial charge on any atom is 0.243 e. The molecule has 0 radical (unpaired) electrons. The van der Waals surface area contributed by atoms with Gasteiger partial charge in [-0.05, 0) is 31.2 Å². The zero-order valence-electron chi connectivity index (χ0n) is 14.5. The Kier molecular flexibility index (Phi) is 5.06. The molecular weight excluding hydrogens is 354 g/mol. The fraction of sp³-hybridized carbons (Fsp3) is 0.353. The predicted octanol–water partition coefficient (Wildman–Crippen LogP) is 1.26. The molecule has 0 unspecified atom stereocenters. The van der Waals surface area contributed by atoms with Crippen molar-refractivity contribution in [2.24, 2.45) is 0 Å². The van der Waals surface area contributed by atoms with Gasteiger partial charge in [-0.25, -0.2) is 18.4 Å². The van der Waals surface area contributed by atoms with Crippen LogP contribution in [-0.4, -0.2) is 55.5 Å². The fourth-order valence-electron chi connectivity index (χ4n) is 2.74. The van der Waals surface area contributed by atoms with Gasteiger partial charge in [-0.1, -0.05) is 0 Å². The van der Waals surface area contributed by atoms with Crippen molar-refractivity contribution in [2.45, 2.75) is 17.9 Å². The van der Waals surface area contributed by atoms with Crippen LogP contribution < -0.4 is 9.64 Å². The quantitative estimate of drug-likeness (QED) is 0.751. The molecule has 26 heavy (non-hydrogen) atoms. The van der Waals surface area contributed by atoms with Gasteiger partial charge in [0.2, 0.25) is 10.0 Å². The largest absolute Gasteiger partial charge is 0.494 e. The summed E-state index contributed by atoms with van der Waals surface area (Å²) < 4.78 is 32.3. The van der Waals surface area contributed by atoms with Crippen molar-refractivity contribution in [3.8, 4) is 11.8 Å². The number of hydrogen-bond acceptors (Lipinski definition) is 7. The minimum absolute atomic E-state index is 0.194. The van der Waals surface area contributed by atoms with E-state index in [1.54, 1.807) is 31.3 Å². The highest BCUT2D eigenvalue weighted by Crippen LogP contribution is 2.27. The van der Waals surface area contributed by atoms with Gasteiger partial charge < -0.3 is 9.64 Å². The molecule has 1 fully saturated rings. The lowest BCUT2D eigenvalue weighted by molar-refractivity contribution is 0.309. The van der Waals surface area contributed by atoms with Gasteiger partial charge in [-0.15, -0.1) is 0 Å². The Hall–Kier alpha value is -2.70. The molecule has 0 amide bonds. The minimum Gasteiger partial charge on any atom is -0.494 e. The first-order chi connectivity index (χ1) is 12.5. The molecular formula is C17H19N5O3S. The highest BCUT2D eigenvalue weighted by atomic mass is 32.2. The molecule has 0 N–H and O–H groups in total. The van der Waals surface area contributed by atoms with Crippen LogP contribution >= 0.6 is 0 Å². The molecule has 3 rings (SSSR count). The Labute approximate surface area is 152 Å². The van der Waals surface area contributed by atoms with Gasteiger partial charge in [0, 0.05) is 32.5 Å². The van der Waals surface area contributed by atoms with Gasteiger partial charge in [-0.2, -0.15) is 9.57 Å². The van der Waals surface area contributed by atoms with Crippen molar-refractivity contribution >= 4 is 15.8 Å². The number of aromatic nitrogens is 2. The van der Waals surface area contributed by atoms with Crippen LogP contribution in [0.2, 0.25) is 0 Å². The van der Waals surface area contributed by atoms with Crippen molar-refractivity contribution in [1.29, 1.82) is 5.26 Å². The monoisotopic (exact) mass is 373 g/mol. The predicted molar refractivity (Wildman–Crippen MR) is 95.3 cm³/mol. The van der Waals surface area contributed by atoms with E-state index in [0.29, 0.717) is 31.3 Å². The number of likely N-dealkylation sites (N-methyl/N-ethyl adjacent to an activating group) is 1. The van der Waals surface area contributed by atoms with Crippen molar-refractivity contribution in [3.63, 3.8) is 0 Å². The Morgan fingerprint density at radius 3 is 2.54 bits per heavy atom. The molecule has 0 atom stereocenters. The summed E-state index contributed by atoms with van der Waals surface area (Å²) in [5.41, 5.74) is 0.239. The Bertz CT molecular complexity index is 918. The maximum atomic E-state index is 12.8. The Balaban J connectivity index is 1.70. The molecule has 2 heterocycles. The summed E-state index contributed by atoms with van der Waals surface area (Å²) in [5, 5.41) is 9.10. The molecule has 8 nitrogen and oxygen atoms in total. The average Bonchev–Trinajstić information content (AvgIpc) is 2.61. The Morgan fingerprint density at radius 2 is 1.92 bits per heavy atom. The van der Waals surface area contributed by atoms with Crippen molar-refractivity contribution < 1.29 is 13.2 Å². The average molecular weight is 373 g/mol. The first kappa shape index (κ1) is 18.1. The second-order valence-electron chi connectivity index (χ2n) is 5.82. The van der Waals surface area contributed by atoms with Crippen LogP contribution in [0.5, 0.6) is 5.75 Å². The summed E-state index contributed by atoms with van der Waals surface area (Å²) in [6.45, 7) is 3.31. The molecule has 2 aromatic rings.